The number of nitrogens with zero attached hydrogens (tertiary/aromatic N) is 1. The minimum atomic E-state index is -4.53. The van der Waals surface area contributed by atoms with Crippen molar-refractivity contribution in [2.24, 2.45) is 0 Å². The van der Waals surface area contributed by atoms with Crippen LogP contribution in [0.2, 0.25) is 0 Å². The van der Waals surface area contributed by atoms with Gasteiger partial charge in [0.05, 0.1) is 17.7 Å². The van der Waals surface area contributed by atoms with E-state index in [1.165, 1.54) is 24.3 Å². The number of pyridine rings is 1. The molecule has 0 radical (unpaired) electrons. The van der Waals surface area contributed by atoms with Crippen LogP contribution in [0.15, 0.2) is 60.8 Å². The molecule has 0 spiro atoms. The lowest BCUT2D eigenvalue weighted by Gasteiger charge is -2.13. The van der Waals surface area contributed by atoms with Gasteiger partial charge >= 0.3 is 12.4 Å². The van der Waals surface area contributed by atoms with Crippen molar-refractivity contribution in [1.29, 1.82) is 0 Å². The van der Waals surface area contributed by atoms with Gasteiger partial charge in [0.25, 0.3) is 5.91 Å². The van der Waals surface area contributed by atoms with E-state index in [2.05, 4.69) is 15.6 Å². The molecule has 0 bridgehead atoms. The van der Waals surface area contributed by atoms with E-state index in [-0.39, 0.29) is 41.4 Å². The van der Waals surface area contributed by atoms with Crippen LogP contribution in [0.5, 0.6) is 11.6 Å². The molecule has 1 heterocycles. The van der Waals surface area contributed by atoms with E-state index in [1.54, 1.807) is 0 Å². The topological polar surface area (TPSA) is 63.2 Å². The Morgan fingerprint density at radius 3 is 2.29 bits per heavy atom. The van der Waals surface area contributed by atoms with E-state index in [0.717, 1.165) is 36.5 Å². The summed E-state index contributed by atoms with van der Waals surface area (Å²) in [5.74, 6) is -1.31. The molecule has 3 aromatic rings. The van der Waals surface area contributed by atoms with Crippen molar-refractivity contribution in [3.8, 4) is 22.8 Å². The fourth-order valence-corrected chi connectivity index (χ4v) is 2.94. The van der Waals surface area contributed by atoms with Crippen molar-refractivity contribution in [3.05, 3.63) is 77.7 Å². The molecule has 35 heavy (non-hydrogen) atoms. The van der Waals surface area contributed by atoms with Gasteiger partial charge < -0.3 is 15.4 Å². The molecule has 0 unspecified atom stereocenters. The molecule has 0 aliphatic heterocycles. The van der Waals surface area contributed by atoms with Crippen LogP contribution in [-0.4, -0.2) is 36.7 Å². The first-order valence-electron chi connectivity index (χ1n) is 10.1. The third-order valence-electron chi connectivity index (χ3n) is 4.56. The molecule has 3 rings (SSSR count). The van der Waals surface area contributed by atoms with Gasteiger partial charge in [-0.2, -0.15) is 26.3 Å². The van der Waals surface area contributed by atoms with Gasteiger partial charge in [-0.1, -0.05) is 12.1 Å². The highest BCUT2D eigenvalue weighted by Crippen LogP contribution is 2.35. The van der Waals surface area contributed by atoms with Crippen molar-refractivity contribution in [2.75, 3.05) is 19.6 Å². The Kier molecular flexibility index (Phi) is 7.95. The summed E-state index contributed by atoms with van der Waals surface area (Å²) in [6.07, 6.45) is -7.78. The van der Waals surface area contributed by atoms with Crippen LogP contribution in [0.1, 0.15) is 15.9 Å². The zero-order chi connectivity index (χ0) is 25.6. The Hall–Kier alpha value is -3.67. The number of benzene rings is 2. The molecule has 5 nitrogen and oxygen atoms in total. The number of ether oxygens (including phenoxy) is 1. The first-order chi connectivity index (χ1) is 16.4. The Bertz CT molecular complexity index is 1160. The molecule has 186 valence electrons. The highest BCUT2D eigenvalue weighted by Gasteiger charge is 2.30. The van der Waals surface area contributed by atoms with E-state index in [4.69, 9.17) is 4.74 Å². The number of aromatic nitrogens is 1. The number of hydrogen-bond acceptors (Lipinski definition) is 4. The monoisotopic (exact) mass is 501 g/mol. The van der Waals surface area contributed by atoms with E-state index in [9.17, 15) is 35.5 Å². The summed E-state index contributed by atoms with van der Waals surface area (Å²) in [7, 11) is 0. The summed E-state index contributed by atoms with van der Waals surface area (Å²) in [5, 5.41) is 4.57. The molecular weight excluding hydrogens is 483 g/mol. The van der Waals surface area contributed by atoms with Gasteiger partial charge in [0.1, 0.15) is 11.6 Å². The highest BCUT2D eigenvalue weighted by atomic mass is 19.4. The average molecular weight is 501 g/mol. The summed E-state index contributed by atoms with van der Waals surface area (Å²) in [6, 6.07) is 10.4. The number of rotatable bonds is 8. The van der Waals surface area contributed by atoms with Crippen molar-refractivity contribution in [3.63, 3.8) is 0 Å². The average Bonchev–Trinajstić information content (AvgIpc) is 2.78. The minimum Gasteiger partial charge on any atom is -0.438 e. The standard InChI is InChI=1S/C23H18F7N3O2/c24-17-3-1-2-14(10-17)19-11-15(20(34)32-9-8-31-13-22(25,26)27)12-33-21(19)35-18-6-4-16(5-7-18)23(28,29)30/h1-7,10-12,31H,8-9,13H2,(H,32,34). The number of alkyl halides is 6. The summed E-state index contributed by atoms with van der Waals surface area (Å²) in [4.78, 5) is 16.5. The molecule has 1 aromatic heterocycles. The third kappa shape index (κ3) is 7.67. The van der Waals surface area contributed by atoms with Gasteiger partial charge in [-0.15, -0.1) is 0 Å². The predicted molar refractivity (Wildman–Crippen MR) is 112 cm³/mol. The lowest BCUT2D eigenvalue weighted by atomic mass is 10.0. The molecule has 0 aliphatic carbocycles. The number of carbonyl (C=O) groups excluding carboxylic acids is 1. The number of carbonyl (C=O) groups is 1. The Labute approximate surface area is 194 Å². The van der Waals surface area contributed by atoms with Crippen molar-refractivity contribution < 1.29 is 40.3 Å². The molecule has 12 heteroatoms. The fourth-order valence-electron chi connectivity index (χ4n) is 2.94. The number of halogens is 7. The van der Waals surface area contributed by atoms with Crippen molar-refractivity contribution >= 4 is 5.91 Å². The van der Waals surface area contributed by atoms with Crippen LogP contribution >= 0.6 is 0 Å². The second-order valence-corrected chi connectivity index (χ2v) is 7.26. The third-order valence-corrected chi connectivity index (χ3v) is 4.56. The maximum absolute atomic E-state index is 13.8. The largest absolute Gasteiger partial charge is 0.438 e. The summed E-state index contributed by atoms with van der Waals surface area (Å²) >= 11 is 0. The molecule has 1 amide bonds. The lowest BCUT2D eigenvalue weighted by molar-refractivity contribution is -0.137. The molecule has 0 atom stereocenters. The van der Waals surface area contributed by atoms with Crippen LogP contribution in [0.3, 0.4) is 0 Å². The Morgan fingerprint density at radius 1 is 0.943 bits per heavy atom. The van der Waals surface area contributed by atoms with E-state index in [1.807, 2.05) is 0 Å². The van der Waals surface area contributed by atoms with E-state index in [0.29, 0.717) is 0 Å². The second-order valence-electron chi connectivity index (χ2n) is 7.26. The van der Waals surface area contributed by atoms with Crippen molar-refractivity contribution in [2.45, 2.75) is 12.4 Å². The lowest BCUT2D eigenvalue weighted by Crippen LogP contribution is -2.36. The van der Waals surface area contributed by atoms with Gasteiger partial charge in [0.2, 0.25) is 5.88 Å². The number of nitrogens with one attached hydrogen (secondary N) is 2. The highest BCUT2D eigenvalue weighted by molar-refractivity contribution is 5.95. The molecule has 0 fully saturated rings. The maximum atomic E-state index is 13.8. The second kappa shape index (κ2) is 10.7. The molecule has 2 aromatic carbocycles. The van der Waals surface area contributed by atoms with Crippen LogP contribution in [0, 0.1) is 5.82 Å². The Balaban J connectivity index is 1.80. The van der Waals surface area contributed by atoms with Crippen molar-refractivity contribution in [1.82, 2.24) is 15.6 Å². The fraction of sp³-hybridized carbons (Fsp3) is 0.217. The predicted octanol–water partition coefficient (Wildman–Crippen LogP) is 5.58. The molecule has 2 N–H and O–H groups in total. The first-order valence-corrected chi connectivity index (χ1v) is 10.1. The molecular formula is C23H18F7N3O2. The van der Waals surface area contributed by atoms with Gasteiger partial charge in [-0.3, -0.25) is 4.79 Å². The normalized spacial score (nSPS) is 11.9. The van der Waals surface area contributed by atoms with Gasteiger partial charge in [-0.05, 0) is 48.0 Å². The quantitative estimate of drug-likeness (QED) is 0.313. The van der Waals surface area contributed by atoms with E-state index >= 15 is 0 Å². The zero-order valence-corrected chi connectivity index (χ0v) is 17.8. The van der Waals surface area contributed by atoms with E-state index < -0.39 is 36.2 Å². The van der Waals surface area contributed by atoms with Crippen LogP contribution < -0.4 is 15.4 Å². The van der Waals surface area contributed by atoms with Gasteiger partial charge in [-0.25, -0.2) is 9.37 Å². The Morgan fingerprint density at radius 2 is 1.66 bits per heavy atom. The molecule has 0 aliphatic rings. The van der Waals surface area contributed by atoms with Gasteiger partial charge in [0, 0.05) is 24.8 Å². The van der Waals surface area contributed by atoms with Crippen LogP contribution in [-0.2, 0) is 6.18 Å². The molecule has 0 saturated carbocycles. The zero-order valence-electron chi connectivity index (χ0n) is 17.8. The van der Waals surface area contributed by atoms with Crippen LogP contribution in [0.25, 0.3) is 11.1 Å². The van der Waals surface area contributed by atoms with Gasteiger partial charge in [0.15, 0.2) is 0 Å². The smallest absolute Gasteiger partial charge is 0.416 e. The summed E-state index contributed by atoms with van der Waals surface area (Å²) in [6.45, 7) is -1.44. The summed E-state index contributed by atoms with van der Waals surface area (Å²) < 4.78 is 94.3. The first kappa shape index (κ1) is 25.9. The van der Waals surface area contributed by atoms with Crippen LogP contribution in [0.4, 0.5) is 30.7 Å². The number of amides is 1. The number of hydrogen-bond donors (Lipinski definition) is 2. The molecule has 0 saturated heterocycles. The maximum Gasteiger partial charge on any atom is 0.416 e. The summed E-state index contributed by atoms with van der Waals surface area (Å²) in [5.41, 5.74) is -0.409. The SMILES string of the molecule is O=C(NCCNCC(F)(F)F)c1cnc(Oc2ccc(C(F)(F)F)cc2)c(-c2cccc(F)c2)c1. The minimum absolute atomic E-state index is 0.0138.